The van der Waals surface area contributed by atoms with Crippen molar-refractivity contribution in [1.29, 1.82) is 0 Å². The van der Waals surface area contributed by atoms with Crippen LogP contribution in [0, 0.1) is 0 Å². The summed E-state index contributed by atoms with van der Waals surface area (Å²) in [7, 11) is 0. The van der Waals surface area contributed by atoms with E-state index in [-0.39, 0.29) is 37.1 Å². The fourth-order valence-corrected chi connectivity index (χ4v) is 3.06. The third-order valence-corrected chi connectivity index (χ3v) is 4.43. The van der Waals surface area contributed by atoms with Gasteiger partial charge in [0.1, 0.15) is 6.54 Å². The molecule has 2 aromatic carbocycles. The molecule has 146 valence electrons. The predicted octanol–water partition coefficient (Wildman–Crippen LogP) is 2.50. The van der Waals surface area contributed by atoms with E-state index in [1.165, 1.54) is 4.90 Å². The molecule has 1 aliphatic rings. The molecule has 3 N–H and O–H groups in total. The van der Waals surface area contributed by atoms with Crippen molar-refractivity contribution in [2.75, 3.05) is 28.6 Å². The van der Waals surface area contributed by atoms with Crippen LogP contribution in [0.5, 0.6) is 0 Å². The van der Waals surface area contributed by atoms with Crippen LogP contribution in [0.15, 0.2) is 48.5 Å². The lowest BCUT2D eigenvalue weighted by Crippen LogP contribution is -2.42. The Morgan fingerprint density at radius 1 is 1.11 bits per heavy atom. The van der Waals surface area contributed by atoms with Gasteiger partial charge >= 0.3 is 0 Å². The maximum atomic E-state index is 12.6. The topological polar surface area (TPSA) is 90.5 Å². The Balaban J connectivity index is 1.56. The van der Waals surface area contributed by atoms with Crippen molar-refractivity contribution >= 4 is 34.8 Å². The first-order valence-electron chi connectivity index (χ1n) is 9.35. The van der Waals surface area contributed by atoms with Gasteiger partial charge < -0.3 is 20.9 Å². The Morgan fingerprint density at radius 2 is 1.93 bits per heavy atom. The van der Waals surface area contributed by atoms with E-state index in [9.17, 15) is 14.4 Å². The molecule has 1 aliphatic heterocycles. The number of amides is 3. The number of nitrogens with one attached hydrogen (secondary N) is 3. The minimum absolute atomic E-state index is 0.0323. The van der Waals surface area contributed by atoms with Crippen LogP contribution in [0.2, 0.25) is 0 Å². The molecule has 0 unspecified atom stereocenters. The summed E-state index contributed by atoms with van der Waals surface area (Å²) >= 11 is 0. The molecule has 0 fully saturated rings. The van der Waals surface area contributed by atoms with Gasteiger partial charge in [0.15, 0.2) is 0 Å². The lowest BCUT2D eigenvalue weighted by atomic mass is 10.1. The molecule has 0 bridgehead atoms. The van der Waals surface area contributed by atoms with Crippen molar-refractivity contribution in [3.05, 3.63) is 54.1 Å². The Kier molecular flexibility index (Phi) is 6.39. The summed E-state index contributed by atoms with van der Waals surface area (Å²) in [6.07, 6.45) is 0.0844. The molecule has 0 aliphatic carbocycles. The summed E-state index contributed by atoms with van der Waals surface area (Å²) in [5, 5.41) is 8.81. The highest BCUT2D eigenvalue weighted by Gasteiger charge is 2.26. The quantitative estimate of drug-likeness (QED) is 0.688. The van der Waals surface area contributed by atoms with E-state index in [4.69, 9.17) is 0 Å². The monoisotopic (exact) mass is 380 g/mol. The molecule has 3 rings (SSSR count). The standard InChI is InChI=1S/C21H24N4O3/c1-2-22-13-15-6-5-7-16(12-15)23-19(26)10-11-21(28)25-14-20(27)24-17-8-3-4-9-18(17)25/h3-9,12,22H,2,10-11,13-14H2,1H3,(H,23,26)(H,24,27). The van der Waals surface area contributed by atoms with Gasteiger partial charge in [0, 0.05) is 25.1 Å². The molecule has 1 heterocycles. The zero-order valence-electron chi connectivity index (χ0n) is 15.8. The average Bonchev–Trinajstić information content (AvgIpc) is 2.70. The molecule has 28 heavy (non-hydrogen) atoms. The number of fused-ring (bicyclic) bond motifs is 1. The predicted molar refractivity (Wildman–Crippen MR) is 109 cm³/mol. The number of carbonyl (C=O) groups excluding carboxylic acids is 3. The molecule has 0 aromatic heterocycles. The van der Waals surface area contributed by atoms with Crippen LogP contribution in [0.4, 0.5) is 17.1 Å². The molecule has 2 aromatic rings. The lowest BCUT2D eigenvalue weighted by molar-refractivity contribution is -0.124. The number of para-hydroxylation sites is 2. The normalized spacial score (nSPS) is 12.9. The lowest BCUT2D eigenvalue weighted by Gasteiger charge is -2.29. The second-order valence-corrected chi connectivity index (χ2v) is 6.57. The molecule has 0 saturated heterocycles. The first kappa shape index (κ1) is 19.6. The van der Waals surface area contributed by atoms with Gasteiger partial charge in [-0.2, -0.15) is 0 Å². The average molecular weight is 380 g/mol. The van der Waals surface area contributed by atoms with E-state index in [0.717, 1.165) is 18.7 Å². The molecule has 0 atom stereocenters. The van der Waals surface area contributed by atoms with Gasteiger partial charge in [0.25, 0.3) is 0 Å². The van der Waals surface area contributed by atoms with E-state index in [1.807, 2.05) is 37.3 Å². The van der Waals surface area contributed by atoms with E-state index >= 15 is 0 Å². The summed E-state index contributed by atoms with van der Waals surface area (Å²) < 4.78 is 0. The summed E-state index contributed by atoms with van der Waals surface area (Å²) in [6.45, 7) is 3.60. The summed E-state index contributed by atoms with van der Waals surface area (Å²) in [5.74, 6) is -0.726. The third kappa shape index (κ3) is 4.95. The van der Waals surface area contributed by atoms with Gasteiger partial charge in [-0.25, -0.2) is 0 Å². The van der Waals surface area contributed by atoms with Crippen molar-refractivity contribution in [1.82, 2.24) is 5.32 Å². The minimum atomic E-state index is -0.252. The number of rotatable bonds is 7. The van der Waals surface area contributed by atoms with Crippen LogP contribution >= 0.6 is 0 Å². The van der Waals surface area contributed by atoms with Gasteiger partial charge in [-0.05, 0) is 36.4 Å². The van der Waals surface area contributed by atoms with Crippen molar-refractivity contribution < 1.29 is 14.4 Å². The number of hydrogen-bond donors (Lipinski definition) is 3. The maximum Gasteiger partial charge on any atom is 0.244 e. The highest BCUT2D eigenvalue weighted by Crippen LogP contribution is 2.29. The van der Waals surface area contributed by atoms with Crippen molar-refractivity contribution in [2.24, 2.45) is 0 Å². The smallest absolute Gasteiger partial charge is 0.244 e. The largest absolute Gasteiger partial charge is 0.326 e. The number of nitrogens with zero attached hydrogens (tertiary/aromatic N) is 1. The molecule has 7 heteroatoms. The van der Waals surface area contributed by atoms with E-state index in [1.54, 1.807) is 18.2 Å². The van der Waals surface area contributed by atoms with Gasteiger partial charge in [-0.3, -0.25) is 14.4 Å². The Labute approximate surface area is 164 Å². The molecule has 7 nitrogen and oxygen atoms in total. The maximum absolute atomic E-state index is 12.6. The zero-order chi connectivity index (χ0) is 19.9. The van der Waals surface area contributed by atoms with Crippen LogP contribution in [-0.4, -0.2) is 30.8 Å². The summed E-state index contributed by atoms with van der Waals surface area (Å²) in [6, 6.07) is 14.7. The van der Waals surface area contributed by atoms with Crippen molar-refractivity contribution in [3.63, 3.8) is 0 Å². The fraction of sp³-hybridized carbons (Fsp3) is 0.286. The van der Waals surface area contributed by atoms with Crippen LogP contribution in [0.3, 0.4) is 0 Å². The Morgan fingerprint density at radius 3 is 2.75 bits per heavy atom. The summed E-state index contributed by atoms with van der Waals surface area (Å²) in [4.78, 5) is 38.1. The van der Waals surface area contributed by atoms with Crippen molar-refractivity contribution in [3.8, 4) is 0 Å². The Bertz CT molecular complexity index is 881. The second-order valence-electron chi connectivity index (χ2n) is 6.57. The van der Waals surface area contributed by atoms with Crippen LogP contribution in [0.25, 0.3) is 0 Å². The number of carbonyl (C=O) groups is 3. The number of anilines is 3. The van der Waals surface area contributed by atoms with Crippen LogP contribution in [-0.2, 0) is 20.9 Å². The molecule has 3 amide bonds. The first-order valence-corrected chi connectivity index (χ1v) is 9.35. The minimum Gasteiger partial charge on any atom is -0.326 e. The highest BCUT2D eigenvalue weighted by atomic mass is 16.2. The molecule has 0 spiro atoms. The fourth-order valence-electron chi connectivity index (χ4n) is 3.06. The highest BCUT2D eigenvalue weighted by molar-refractivity contribution is 6.10. The SMILES string of the molecule is CCNCc1cccc(NC(=O)CCC(=O)N2CC(=O)Nc3ccccc32)c1. The summed E-state index contributed by atoms with van der Waals surface area (Å²) in [5.41, 5.74) is 3.04. The molecular formula is C21H24N4O3. The van der Waals surface area contributed by atoms with Crippen molar-refractivity contribution in [2.45, 2.75) is 26.3 Å². The molecular weight excluding hydrogens is 356 g/mol. The van der Waals surface area contributed by atoms with Gasteiger partial charge in [0.2, 0.25) is 17.7 Å². The Hall–Kier alpha value is -3.19. The van der Waals surface area contributed by atoms with E-state index in [2.05, 4.69) is 16.0 Å². The van der Waals surface area contributed by atoms with E-state index in [0.29, 0.717) is 17.1 Å². The molecule has 0 saturated carbocycles. The van der Waals surface area contributed by atoms with Gasteiger partial charge in [0.05, 0.1) is 11.4 Å². The van der Waals surface area contributed by atoms with Crippen LogP contribution < -0.4 is 20.9 Å². The molecule has 0 radical (unpaired) electrons. The number of hydrogen-bond acceptors (Lipinski definition) is 4. The van der Waals surface area contributed by atoms with Gasteiger partial charge in [-0.15, -0.1) is 0 Å². The first-order chi connectivity index (χ1) is 13.6. The second kappa shape index (κ2) is 9.14. The number of benzene rings is 2. The van der Waals surface area contributed by atoms with Gasteiger partial charge in [-0.1, -0.05) is 31.2 Å². The van der Waals surface area contributed by atoms with Crippen LogP contribution in [0.1, 0.15) is 25.3 Å². The zero-order valence-corrected chi connectivity index (χ0v) is 15.8. The third-order valence-electron chi connectivity index (χ3n) is 4.43. The van der Waals surface area contributed by atoms with E-state index < -0.39 is 0 Å².